The molecule has 0 radical (unpaired) electrons. The highest BCUT2D eigenvalue weighted by Gasteiger charge is 2.09. The van der Waals surface area contributed by atoms with Crippen molar-refractivity contribution < 1.29 is 0 Å². The van der Waals surface area contributed by atoms with Crippen LogP contribution >= 0.6 is 11.8 Å². The molecule has 0 spiro atoms. The minimum Gasteiger partial charge on any atom is -0.309 e. The highest BCUT2D eigenvalue weighted by molar-refractivity contribution is 7.99. The fraction of sp³-hybridized carbons (Fsp3) is 0.429. The predicted octanol–water partition coefficient (Wildman–Crippen LogP) is 3.30. The topological polar surface area (TPSA) is 30.7 Å². The monoisotopic (exact) mass is 261 g/mol. The molecule has 2 aromatic rings. The SMILES string of the molecule is CCCCSc1nnc(Cc2ccccc2)n1C. The Balaban J connectivity index is 2.02. The standard InChI is InChI=1S/C14H19N3S/c1-3-4-10-18-14-16-15-13(17(14)2)11-12-8-6-5-7-9-12/h5-9H,3-4,10-11H2,1-2H3. The Kier molecular flexibility index (Phi) is 4.81. The van der Waals surface area contributed by atoms with Gasteiger partial charge in [-0.1, -0.05) is 55.4 Å². The first-order chi connectivity index (χ1) is 8.81. The van der Waals surface area contributed by atoms with Crippen LogP contribution in [0.25, 0.3) is 0 Å². The number of unbranched alkanes of at least 4 members (excludes halogenated alkanes) is 1. The van der Waals surface area contributed by atoms with E-state index >= 15 is 0 Å². The van der Waals surface area contributed by atoms with Crippen molar-refractivity contribution in [3.05, 3.63) is 41.7 Å². The lowest BCUT2D eigenvalue weighted by Crippen LogP contribution is -2.00. The highest BCUT2D eigenvalue weighted by Crippen LogP contribution is 2.18. The molecule has 0 saturated carbocycles. The van der Waals surface area contributed by atoms with E-state index in [0.29, 0.717) is 0 Å². The lowest BCUT2D eigenvalue weighted by Gasteiger charge is -2.03. The first-order valence-corrected chi connectivity index (χ1v) is 7.34. The van der Waals surface area contributed by atoms with Crippen LogP contribution in [0.4, 0.5) is 0 Å². The molecule has 96 valence electrons. The van der Waals surface area contributed by atoms with E-state index in [9.17, 15) is 0 Å². The smallest absolute Gasteiger partial charge is 0.190 e. The molecule has 0 N–H and O–H groups in total. The van der Waals surface area contributed by atoms with Crippen molar-refractivity contribution in [3.63, 3.8) is 0 Å². The third kappa shape index (κ3) is 3.35. The molecule has 4 heteroatoms. The number of aromatic nitrogens is 3. The van der Waals surface area contributed by atoms with Crippen LogP contribution in [0.1, 0.15) is 31.2 Å². The molecule has 0 unspecified atom stereocenters. The van der Waals surface area contributed by atoms with Crippen LogP contribution in [0.3, 0.4) is 0 Å². The van der Waals surface area contributed by atoms with Gasteiger partial charge in [0.15, 0.2) is 5.16 Å². The van der Waals surface area contributed by atoms with Crippen LogP contribution in [-0.2, 0) is 13.5 Å². The van der Waals surface area contributed by atoms with Crippen LogP contribution in [0, 0.1) is 0 Å². The zero-order valence-corrected chi connectivity index (χ0v) is 11.8. The summed E-state index contributed by atoms with van der Waals surface area (Å²) in [5.74, 6) is 2.15. The summed E-state index contributed by atoms with van der Waals surface area (Å²) in [6.07, 6.45) is 3.30. The molecule has 0 saturated heterocycles. The molecule has 0 fully saturated rings. The lowest BCUT2D eigenvalue weighted by atomic mass is 10.1. The Labute approximate surface area is 113 Å². The van der Waals surface area contributed by atoms with Gasteiger partial charge in [-0.05, 0) is 12.0 Å². The van der Waals surface area contributed by atoms with Crippen molar-refractivity contribution in [1.82, 2.24) is 14.8 Å². The molecule has 0 aliphatic rings. The zero-order chi connectivity index (χ0) is 12.8. The number of hydrogen-bond acceptors (Lipinski definition) is 3. The van der Waals surface area contributed by atoms with E-state index in [1.165, 1.54) is 18.4 Å². The van der Waals surface area contributed by atoms with Crippen LogP contribution in [0.5, 0.6) is 0 Å². The largest absolute Gasteiger partial charge is 0.309 e. The minimum atomic E-state index is 0.846. The van der Waals surface area contributed by atoms with Gasteiger partial charge in [-0.15, -0.1) is 10.2 Å². The van der Waals surface area contributed by atoms with E-state index in [1.54, 1.807) is 11.8 Å². The number of rotatable bonds is 6. The van der Waals surface area contributed by atoms with Gasteiger partial charge in [0.05, 0.1) is 0 Å². The average Bonchev–Trinajstić information content (AvgIpc) is 2.73. The second-order valence-corrected chi connectivity index (χ2v) is 5.38. The molecule has 1 aromatic carbocycles. The zero-order valence-electron chi connectivity index (χ0n) is 11.0. The van der Waals surface area contributed by atoms with Crippen LogP contribution in [0.15, 0.2) is 35.5 Å². The minimum absolute atomic E-state index is 0.846. The summed E-state index contributed by atoms with van der Waals surface area (Å²) in [5.41, 5.74) is 1.28. The molecule has 1 aromatic heterocycles. The Morgan fingerprint density at radius 3 is 2.67 bits per heavy atom. The van der Waals surface area contributed by atoms with Crippen molar-refractivity contribution in [1.29, 1.82) is 0 Å². The van der Waals surface area contributed by atoms with Gasteiger partial charge in [-0.3, -0.25) is 0 Å². The van der Waals surface area contributed by atoms with Crippen molar-refractivity contribution in [2.75, 3.05) is 5.75 Å². The normalized spacial score (nSPS) is 10.8. The second-order valence-electron chi connectivity index (χ2n) is 4.32. The summed E-state index contributed by atoms with van der Waals surface area (Å²) in [6, 6.07) is 10.4. The Morgan fingerprint density at radius 2 is 1.94 bits per heavy atom. The summed E-state index contributed by atoms with van der Waals surface area (Å²) < 4.78 is 2.10. The van der Waals surface area contributed by atoms with E-state index < -0.39 is 0 Å². The predicted molar refractivity (Wildman–Crippen MR) is 75.9 cm³/mol. The van der Waals surface area contributed by atoms with E-state index in [2.05, 4.69) is 46.0 Å². The molecule has 0 bridgehead atoms. The molecular formula is C14H19N3S. The molecular weight excluding hydrogens is 242 g/mol. The Hall–Kier alpha value is -1.29. The van der Waals surface area contributed by atoms with Gasteiger partial charge in [0.25, 0.3) is 0 Å². The summed E-state index contributed by atoms with van der Waals surface area (Å²) in [4.78, 5) is 0. The molecule has 0 atom stereocenters. The third-order valence-corrected chi connectivity index (χ3v) is 3.97. The second kappa shape index (κ2) is 6.59. The van der Waals surface area contributed by atoms with E-state index in [1.807, 2.05) is 13.1 Å². The van der Waals surface area contributed by atoms with Gasteiger partial charge in [0.2, 0.25) is 0 Å². The van der Waals surface area contributed by atoms with Gasteiger partial charge >= 0.3 is 0 Å². The first-order valence-electron chi connectivity index (χ1n) is 6.36. The number of nitrogens with zero attached hydrogens (tertiary/aromatic N) is 3. The molecule has 0 amide bonds. The number of benzene rings is 1. The fourth-order valence-corrected chi connectivity index (χ4v) is 2.72. The van der Waals surface area contributed by atoms with Crippen LogP contribution < -0.4 is 0 Å². The summed E-state index contributed by atoms with van der Waals surface area (Å²) >= 11 is 1.79. The van der Waals surface area contributed by atoms with Crippen LogP contribution in [0.2, 0.25) is 0 Å². The maximum atomic E-state index is 4.28. The highest BCUT2D eigenvalue weighted by atomic mass is 32.2. The lowest BCUT2D eigenvalue weighted by molar-refractivity contribution is 0.747. The summed E-state index contributed by atoms with van der Waals surface area (Å²) in [5, 5.41) is 9.56. The first kappa shape index (κ1) is 13.1. The average molecular weight is 261 g/mol. The molecule has 2 rings (SSSR count). The summed E-state index contributed by atoms with van der Waals surface area (Å²) in [6.45, 7) is 2.21. The fourth-order valence-electron chi connectivity index (χ4n) is 1.71. The maximum absolute atomic E-state index is 4.28. The van der Waals surface area contributed by atoms with Gasteiger partial charge in [0, 0.05) is 19.2 Å². The third-order valence-electron chi connectivity index (χ3n) is 2.86. The van der Waals surface area contributed by atoms with Crippen molar-refractivity contribution in [3.8, 4) is 0 Å². The molecule has 1 heterocycles. The quantitative estimate of drug-likeness (QED) is 0.590. The Bertz CT molecular complexity index is 479. The molecule has 0 aliphatic carbocycles. The molecule has 18 heavy (non-hydrogen) atoms. The van der Waals surface area contributed by atoms with E-state index in [4.69, 9.17) is 0 Å². The van der Waals surface area contributed by atoms with Gasteiger partial charge in [-0.2, -0.15) is 0 Å². The molecule has 3 nitrogen and oxygen atoms in total. The summed E-state index contributed by atoms with van der Waals surface area (Å²) in [7, 11) is 2.05. The van der Waals surface area contributed by atoms with Crippen molar-refractivity contribution in [2.45, 2.75) is 31.3 Å². The number of thioether (sulfide) groups is 1. The van der Waals surface area contributed by atoms with Gasteiger partial charge in [-0.25, -0.2) is 0 Å². The van der Waals surface area contributed by atoms with Crippen LogP contribution in [-0.4, -0.2) is 20.5 Å². The van der Waals surface area contributed by atoms with E-state index in [-0.39, 0.29) is 0 Å². The van der Waals surface area contributed by atoms with Crippen molar-refractivity contribution in [2.24, 2.45) is 7.05 Å². The van der Waals surface area contributed by atoms with Crippen molar-refractivity contribution >= 4 is 11.8 Å². The van der Waals surface area contributed by atoms with Gasteiger partial charge in [0.1, 0.15) is 5.82 Å². The molecule has 0 aliphatic heterocycles. The maximum Gasteiger partial charge on any atom is 0.190 e. The Morgan fingerprint density at radius 1 is 1.17 bits per heavy atom. The van der Waals surface area contributed by atoms with Gasteiger partial charge < -0.3 is 4.57 Å². The van der Waals surface area contributed by atoms with E-state index in [0.717, 1.165) is 23.2 Å². The number of hydrogen-bond donors (Lipinski definition) is 0.